The lowest BCUT2D eigenvalue weighted by molar-refractivity contribution is 0.0777. The van der Waals surface area contributed by atoms with Gasteiger partial charge in [0.25, 0.3) is 5.91 Å². The summed E-state index contributed by atoms with van der Waals surface area (Å²) in [5, 5.41) is 1.44. The molecule has 1 aliphatic rings. The number of fused-ring (bicyclic) bond motifs is 1. The highest BCUT2D eigenvalue weighted by atomic mass is 35.5. The van der Waals surface area contributed by atoms with Crippen LogP contribution in [0.3, 0.4) is 0 Å². The standard InChI is InChI=1S/C20H17ClN2O2S2/c21-15-3-1-2-14(19(22)24)18(15)12-4-5-16-13(10-12)11-17(27-16)20(25)23-6-8-26-9-7-23/h1-5,10-11H,6-9H2,(H2,22,24). The SMILES string of the molecule is NC(=O)c1cccc(Cl)c1-c1ccc2sc(C(=O)N3CCSCC3)cc2c1. The Labute approximate surface area is 170 Å². The van der Waals surface area contributed by atoms with E-state index < -0.39 is 5.91 Å². The number of hydrogen-bond acceptors (Lipinski definition) is 4. The quantitative estimate of drug-likeness (QED) is 0.683. The average Bonchev–Trinajstić information content (AvgIpc) is 3.11. The lowest BCUT2D eigenvalue weighted by Gasteiger charge is -2.25. The van der Waals surface area contributed by atoms with Gasteiger partial charge in [0, 0.05) is 45.4 Å². The fourth-order valence-corrected chi connectivity index (χ4v) is 5.45. The van der Waals surface area contributed by atoms with E-state index in [0.717, 1.165) is 45.1 Å². The monoisotopic (exact) mass is 416 g/mol. The van der Waals surface area contributed by atoms with E-state index in [1.165, 1.54) is 11.3 Å². The predicted molar refractivity (Wildman–Crippen MR) is 114 cm³/mol. The normalized spacial score (nSPS) is 14.5. The number of halogens is 1. The molecule has 1 fully saturated rings. The smallest absolute Gasteiger partial charge is 0.264 e. The van der Waals surface area contributed by atoms with Crippen molar-refractivity contribution in [2.45, 2.75) is 0 Å². The zero-order valence-electron chi connectivity index (χ0n) is 14.4. The van der Waals surface area contributed by atoms with Gasteiger partial charge in [-0.05, 0) is 41.3 Å². The number of thiophene rings is 1. The Bertz CT molecular complexity index is 1040. The van der Waals surface area contributed by atoms with Crippen molar-refractivity contribution in [2.75, 3.05) is 24.6 Å². The molecule has 4 rings (SSSR count). The zero-order valence-corrected chi connectivity index (χ0v) is 16.8. The first-order chi connectivity index (χ1) is 13.0. The van der Waals surface area contributed by atoms with Gasteiger partial charge in [0.05, 0.1) is 4.88 Å². The molecule has 1 aromatic heterocycles. The first-order valence-corrected chi connectivity index (χ1v) is 10.9. The summed E-state index contributed by atoms with van der Waals surface area (Å²) in [6.45, 7) is 1.59. The minimum Gasteiger partial charge on any atom is -0.366 e. The van der Waals surface area contributed by atoms with Crippen LogP contribution in [0.15, 0.2) is 42.5 Å². The van der Waals surface area contributed by atoms with Gasteiger partial charge in [-0.15, -0.1) is 11.3 Å². The summed E-state index contributed by atoms with van der Waals surface area (Å²) in [5.74, 6) is 1.55. The van der Waals surface area contributed by atoms with Gasteiger partial charge in [-0.2, -0.15) is 11.8 Å². The summed E-state index contributed by atoms with van der Waals surface area (Å²) >= 11 is 9.72. The summed E-state index contributed by atoms with van der Waals surface area (Å²) in [7, 11) is 0. The molecule has 2 N–H and O–H groups in total. The van der Waals surface area contributed by atoms with Crippen LogP contribution < -0.4 is 5.73 Å². The molecule has 1 aliphatic heterocycles. The molecule has 7 heteroatoms. The second-order valence-corrected chi connectivity index (χ2v) is 9.01. The molecule has 0 atom stereocenters. The number of benzene rings is 2. The summed E-state index contributed by atoms with van der Waals surface area (Å²) in [6.07, 6.45) is 0. The Hall–Kier alpha value is -2.02. The summed E-state index contributed by atoms with van der Waals surface area (Å²) < 4.78 is 1.03. The van der Waals surface area contributed by atoms with Gasteiger partial charge in [0.2, 0.25) is 5.91 Å². The molecule has 27 heavy (non-hydrogen) atoms. The second-order valence-electron chi connectivity index (χ2n) is 6.29. The van der Waals surface area contributed by atoms with E-state index in [4.69, 9.17) is 17.3 Å². The van der Waals surface area contributed by atoms with Crippen molar-refractivity contribution >= 4 is 56.6 Å². The fraction of sp³-hybridized carbons (Fsp3) is 0.200. The van der Waals surface area contributed by atoms with Crippen LogP contribution in [0.1, 0.15) is 20.0 Å². The van der Waals surface area contributed by atoms with Crippen molar-refractivity contribution in [1.29, 1.82) is 0 Å². The lowest BCUT2D eigenvalue weighted by atomic mass is 9.98. The molecule has 138 valence electrons. The fourth-order valence-electron chi connectivity index (χ4n) is 3.25. The van der Waals surface area contributed by atoms with Gasteiger partial charge in [0.15, 0.2) is 0 Å². The van der Waals surface area contributed by atoms with Gasteiger partial charge in [-0.25, -0.2) is 0 Å². The second kappa shape index (κ2) is 7.54. The van der Waals surface area contributed by atoms with Crippen LogP contribution in [0.4, 0.5) is 0 Å². The van der Waals surface area contributed by atoms with Crippen LogP contribution in [0.2, 0.25) is 5.02 Å². The van der Waals surface area contributed by atoms with Gasteiger partial charge >= 0.3 is 0 Å². The number of carbonyl (C=O) groups is 2. The zero-order chi connectivity index (χ0) is 19.0. The van der Waals surface area contributed by atoms with Crippen molar-refractivity contribution < 1.29 is 9.59 Å². The first kappa shape index (κ1) is 18.3. The van der Waals surface area contributed by atoms with Crippen LogP contribution >= 0.6 is 34.7 Å². The molecule has 4 nitrogen and oxygen atoms in total. The van der Waals surface area contributed by atoms with E-state index in [0.29, 0.717) is 16.1 Å². The van der Waals surface area contributed by atoms with Crippen LogP contribution in [-0.4, -0.2) is 41.3 Å². The van der Waals surface area contributed by atoms with Gasteiger partial charge in [-0.1, -0.05) is 23.7 Å². The third kappa shape index (κ3) is 3.57. The molecule has 1 saturated heterocycles. The number of rotatable bonds is 3. The summed E-state index contributed by atoms with van der Waals surface area (Å²) in [5.41, 5.74) is 7.34. The van der Waals surface area contributed by atoms with Crippen molar-refractivity contribution in [3.63, 3.8) is 0 Å². The Balaban J connectivity index is 1.74. The highest BCUT2D eigenvalue weighted by molar-refractivity contribution is 7.99. The number of nitrogens with two attached hydrogens (primary N) is 1. The third-order valence-electron chi connectivity index (χ3n) is 4.59. The van der Waals surface area contributed by atoms with E-state index in [1.807, 2.05) is 40.9 Å². The lowest BCUT2D eigenvalue weighted by Crippen LogP contribution is -2.37. The third-order valence-corrected chi connectivity index (χ3v) is 6.95. The number of thioether (sulfide) groups is 1. The first-order valence-electron chi connectivity index (χ1n) is 8.54. The van der Waals surface area contributed by atoms with Gasteiger partial charge < -0.3 is 10.6 Å². The number of nitrogens with zero attached hydrogens (tertiary/aromatic N) is 1. The molecule has 0 radical (unpaired) electrons. The summed E-state index contributed by atoms with van der Waals surface area (Å²) in [4.78, 5) is 27.2. The van der Waals surface area contributed by atoms with E-state index >= 15 is 0 Å². The molecular weight excluding hydrogens is 400 g/mol. The maximum Gasteiger partial charge on any atom is 0.264 e. The number of hydrogen-bond donors (Lipinski definition) is 1. The average molecular weight is 417 g/mol. The molecular formula is C20H17ClN2O2S2. The van der Waals surface area contributed by atoms with Gasteiger partial charge in [-0.3, -0.25) is 9.59 Å². The molecule has 2 heterocycles. The van der Waals surface area contributed by atoms with Crippen LogP contribution in [0, 0.1) is 0 Å². The summed E-state index contributed by atoms with van der Waals surface area (Å²) in [6, 6.07) is 12.9. The molecule has 2 amide bonds. The number of amides is 2. The number of primary amides is 1. The predicted octanol–water partition coefficient (Wildman–Crippen LogP) is 4.51. The van der Waals surface area contributed by atoms with E-state index in [-0.39, 0.29) is 5.91 Å². The Kier molecular flexibility index (Phi) is 5.12. The Morgan fingerprint density at radius 2 is 1.85 bits per heavy atom. The van der Waals surface area contributed by atoms with Gasteiger partial charge in [0.1, 0.15) is 0 Å². The highest BCUT2D eigenvalue weighted by Gasteiger charge is 2.21. The van der Waals surface area contributed by atoms with E-state index in [9.17, 15) is 9.59 Å². The maximum atomic E-state index is 12.8. The van der Waals surface area contributed by atoms with E-state index in [1.54, 1.807) is 18.2 Å². The Morgan fingerprint density at radius 3 is 2.59 bits per heavy atom. The van der Waals surface area contributed by atoms with Crippen molar-refractivity contribution in [3.8, 4) is 11.1 Å². The van der Waals surface area contributed by atoms with E-state index in [2.05, 4.69) is 0 Å². The largest absolute Gasteiger partial charge is 0.366 e. The molecule has 0 bridgehead atoms. The van der Waals surface area contributed by atoms with Crippen LogP contribution in [-0.2, 0) is 0 Å². The minimum atomic E-state index is -0.517. The Morgan fingerprint density at radius 1 is 1.07 bits per heavy atom. The van der Waals surface area contributed by atoms with Crippen molar-refractivity contribution in [3.05, 3.63) is 57.9 Å². The van der Waals surface area contributed by atoms with Crippen molar-refractivity contribution in [1.82, 2.24) is 4.90 Å². The maximum absolute atomic E-state index is 12.8. The molecule has 0 aliphatic carbocycles. The highest BCUT2D eigenvalue weighted by Crippen LogP contribution is 2.35. The topological polar surface area (TPSA) is 63.4 Å². The molecule has 0 unspecified atom stereocenters. The molecule has 3 aromatic rings. The van der Waals surface area contributed by atoms with Crippen LogP contribution in [0.5, 0.6) is 0 Å². The molecule has 2 aromatic carbocycles. The van der Waals surface area contributed by atoms with Crippen LogP contribution in [0.25, 0.3) is 21.2 Å². The minimum absolute atomic E-state index is 0.0913. The van der Waals surface area contributed by atoms with Crippen molar-refractivity contribution in [2.24, 2.45) is 5.73 Å². The molecule has 0 saturated carbocycles. The number of carbonyl (C=O) groups excluding carboxylic acids is 2. The molecule has 0 spiro atoms.